The Labute approximate surface area is 148 Å². The summed E-state index contributed by atoms with van der Waals surface area (Å²) in [4.78, 5) is 8.66. The number of ether oxygens (including phenoxy) is 1. The van der Waals surface area contributed by atoms with Gasteiger partial charge in [-0.3, -0.25) is 0 Å². The minimum Gasteiger partial charge on any atom is -0.380 e. The smallest absolute Gasteiger partial charge is 0.137 e. The second-order valence-electron chi connectivity index (χ2n) is 5.81. The largest absolute Gasteiger partial charge is 0.380 e. The van der Waals surface area contributed by atoms with E-state index in [2.05, 4.69) is 46.2 Å². The maximum Gasteiger partial charge on any atom is 0.137 e. The number of nitrogens with zero attached hydrogens (tertiary/aromatic N) is 2. The van der Waals surface area contributed by atoms with Crippen molar-refractivity contribution in [2.75, 3.05) is 19.0 Å². The van der Waals surface area contributed by atoms with Gasteiger partial charge in [-0.25, -0.2) is 9.97 Å². The molecule has 3 rings (SSSR count). The van der Waals surface area contributed by atoms with Crippen molar-refractivity contribution in [2.24, 2.45) is 0 Å². The Hall–Kier alpha value is -2.90. The van der Waals surface area contributed by atoms with Crippen LogP contribution >= 0.6 is 0 Å². The quantitative estimate of drug-likeness (QED) is 0.568. The molecule has 0 aliphatic carbocycles. The third kappa shape index (κ3) is 4.34. The summed E-state index contributed by atoms with van der Waals surface area (Å²) >= 11 is 0. The maximum atomic E-state index is 5.21. The molecule has 25 heavy (non-hydrogen) atoms. The molecule has 1 N–H and O–H groups in total. The molecule has 0 saturated carbocycles. The number of anilines is 1. The molecule has 4 heteroatoms. The Morgan fingerprint density at radius 1 is 1.12 bits per heavy atom. The van der Waals surface area contributed by atoms with Gasteiger partial charge in [-0.05, 0) is 30.7 Å². The van der Waals surface area contributed by atoms with Gasteiger partial charge < -0.3 is 10.1 Å². The van der Waals surface area contributed by atoms with E-state index in [1.807, 2.05) is 30.3 Å². The van der Waals surface area contributed by atoms with Crippen molar-refractivity contribution in [1.82, 2.24) is 9.97 Å². The molecule has 0 amide bonds. The summed E-state index contributed by atoms with van der Waals surface area (Å²) in [5.74, 6) is 7.30. The minimum atomic E-state index is 0.579. The fraction of sp³-hybridized carbons (Fsp3) is 0.238. The van der Waals surface area contributed by atoms with Crippen LogP contribution < -0.4 is 5.32 Å². The molecular formula is C21H21N3O. The van der Waals surface area contributed by atoms with Crippen LogP contribution in [0.1, 0.15) is 23.1 Å². The van der Waals surface area contributed by atoms with Gasteiger partial charge in [0.2, 0.25) is 0 Å². The molecule has 2 aromatic carbocycles. The highest BCUT2D eigenvalue weighted by molar-refractivity contribution is 5.89. The lowest BCUT2D eigenvalue weighted by molar-refractivity contribution is 0.184. The van der Waals surface area contributed by atoms with E-state index in [9.17, 15) is 0 Å². The average Bonchev–Trinajstić information content (AvgIpc) is 2.63. The summed E-state index contributed by atoms with van der Waals surface area (Å²) in [6, 6.07) is 14.2. The highest BCUT2D eigenvalue weighted by Crippen LogP contribution is 2.20. The predicted molar refractivity (Wildman–Crippen MR) is 101 cm³/mol. The minimum absolute atomic E-state index is 0.579. The van der Waals surface area contributed by atoms with E-state index in [1.165, 1.54) is 5.56 Å². The number of aryl methyl sites for hydroxylation is 1. The standard InChI is InChI=1S/C21H21N3O/c1-16-10-11-20-19(13-16)21(24-15-23-20)22-12-6-5-8-17-7-3-4-9-18(17)14-25-2/h3-4,7,9-11,13,15H,6,12,14H2,1-2H3,(H,22,23,24). The van der Waals surface area contributed by atoms with Crippen molar-refractivity contribution in [3.63, 3.8) is 0 Å². The lowest BCUT2D eigenvalue weighted by Gasteiger charge is -2.07. The van der Waals surface area contributed by atoms with Crippen molar-refractivity contribution in [2.45, 2.75) is 20.0 Å². The normalized spacial score (nSPS) is 10.3. The van der Waals surface area contributed by atoms with Crippen LogP contribution in [-0.2, 0) is 11.3 Å². The zero-order valence-electron chi connectivity index (χ0n) is 14.5. The van der Waals surface area contributed by atoms with E-state index >= 15 is 0 Å². The zero-order chi connectivity index (χ0) is 17.5. The first-order valence-electron chi connectivity index (χ1n) is 8.29. The van der Waals surface area contributed by atoms with E-state index in [0.717, 1.165) is 40.8 Å². The van der Waals surface area contributed by atoms with Crippen LogP contribution in [0.25, 0.3) is 10.9 Å². The molecule has 0 spiro atoms. The first-order chi connectivity index (χ1) is 12.3. The Balaban J connectivity index is 1.64. The maximum absolute atomic E-state index is 5.21. The van der Waals surface area contributed by atoms with Crippen LogP contribution in [-0.4, -0.2) is 23.6 Å². The summed E-state index contributed by atoms with van der Waals surface area (Å²) in [6.07, 6.45) is 2.32. The first kappa shape index (κ1) is 16.9. The molecule has 1 heterocycles. The van der Waals surface area contributed by atoms with Crippen molar-refractivity contribution >= 4 is 16.7 Å². The van der Waals surface area contributed by atoms with Crippen molar-refractivity contribution in [3.8, 4) is 11.8 Å². The summed E-state index contributed by atoms with van der Waals surface area (Å²) in [5.41, 5.74) is 4.28. The number of aromatic nitrogens is 2. The monoisotopic (exact) mass is 331 g/mol. The molecule has 0 atom stereocenters. The van der Waals surface area contributed by atoms with Crippen LogP contribution in [0.15, 0.2) is 48.8 Å². The predicted octanol–water partition coefficient (Wildman–Crippen LogP) is 3.94. The SMILES string of the molecule is COCc1ccccc1C#CCCNc1ncnc2ccc(C)cc12. The van der Waals surface area contributed by atoms with Gasteiger partial charge in [-0.1, -0.05) is 41.7 Å². The Morgan fingerprint density at radius 3 is 2.88 bits per heavy atom. The third-order valence-corrected chi connectivity index (χ3v) is 3.87. The number of nitrogens with one attached hydrogen (secondary N) is 1. The van der Waals surface area contributed by atoms with Crippen LogP contribution in [0.2, 0.25) is 0 Å². The number of methoxy groups -OCH3 is 1. The molecule has 0 bridgehead atoms. The van der Waals surface area contributed by atoms with Gasteiger partial charge in [0, 0.05) is 31.0 Å². The molecule has 4 nitrogen and oxygen atoms in total. The molecule has 126 valence electrons. The third-order valence-electron chi connectivity index (χ3n) is 3.87. The molecule has 0 fully saturated rings. The second-order valence-corrected chi connectivity index (χ2v) is 5.81. The summed E-state index contributed by atoms with van der Waals surface area (Å²) < 4.78 is 5.21. The number of benzene rings is 2. The molecule has 0 radical (unpaired) electrons. The summed E-state index contributed by atoms with van der Waals surface area (Å²) in [7, 11) is 1.70. The van der Waals surface area contributed by atoms with Crippen molar-refractivity contribution < 1.29 is 4.74 Å². The fourth-order valence-corrected chi connectivity index (χ4v) is 2.64. The number of hydrogen-bond donors (Lipinski definition) is 1. The van der Waals surface area contributed by atoms with Crippen molar-refractivity contribution in [3.05, 3.63) is 65.5 Å². The first-order valence-corrected chi connectivity index (χ1v) is 8.29. The lowest BCUT2D eigenvalue weighted by atomic mass is 10.1. The topological polar surface area (TPSA) is 47.0 Å². The van der Waals surface area contributed by atoms with Gasteiger partial charge >= 0.3 is 0 Å². The van der Waals surface area contributed by atoms with Gasteiger partial charge in [-0.2, -0.15) is 0 Å². The van der Waals surface area contributed by atoms with Crippen LogP contribution in [0.4, 0.5) is 5.82 Å². The highest BCUT2D eigenvalue weighted by atomic mass is 16.5. The van der Waals surface area contributed by atoms with Gasteiger partial charge in [0.15, 0.2) is 0 Å². The molecule has 0 unspecified atom stereocenters. The molecule has 1 aromatic heterocycles. The summed E-state index contributed by atoms with van der Waals surface area (Å²) in [6.45, 7) is 3.38. The molecule has 0 aliphatic rings. The van der Waals surface area contributed by atoms with Crippen molar-refractivity contribution in [1.29, 1.82) is 0 Å². The van der Waals surface area contributed by atoms with Gasteiger partial charge in [0.1, 0.15) is 12.1 Å². The second kappa shape index (κ2) is 8.27. The number of fused-ring (bicyclic) bond motifs is 1. The van der Waals surface area contributed by atoms with Gasteiger partial charge in [0.25, 0.3) is 0 Å². The fourth-order valence-electron chi connectivity index (χ4n) is 2.64. The lowest BCUT2D eigenvalue weighted by Crippen LogP contribution is -2.03. The van der Waals surface area contributed by atoms with E-state index < -0.39 is 0 Å². The number of hydrogen-bond acceptors (Lipinski definition) is 4. The Kier molecular flexibility index (Phi) is 5.61. The highest BCUT2D eigenvalue weighted by Gasteiger charge is 2.02. The Morgan fingerprint density at radius 2 is 2.00 bits per heavy atom. The van der Waals surface area contributed by atoms with E-state index in [1.54, 1.807) is 13.4 Å². The zero-order valence-corrected chi connectivity index (χ0v) is 14.5. The van der Waals surface area contributed by atoms with E-state index in [-0.39, 0.29) is 0 Å². The van der Waals surface area contributed by atoms with Crippen LogP contribution in [0.5, 0.6) is 0 Å². The van der Waals surface area contributed by atoms with Gasteiger partial charge in [-0.15, -0.1) is 0 Å². The summed E-state index contributed by atoms with van der Waals surface area (Å²) in [5, 5.41) is 4.41. The van der Waals surface area contributed by atoms with Crippen LogP contribution in [0, 0.1) is 18.8 Å². The molecule has 3 aromatic rings. The Bertz CT molecular complexity index is 925. The van der Waals surface area contributed by atoms with Crippen LogP contribution in [0.3, 0.4) is 0 Å². The van der Waals surface area contributed by atoms with E-state index in [4.69, 9.17) is 4.74 Å². The van der Waals surface area contributed by atoms with Gasteiger partial charge in [0.05, 0.1) is 12.1 Å². The van der Waals surface area contributed by atoms with E-state index in [0.29, 0.717) is 6.61 Å². The average molecular weight is 331 g/mol. The number of rotatable bonds is 5. The molecular weight excluding hydrogens is 310 g/mol. The molecule has 0 saturated heterocycles. The molecule has 0 aliphatic heterocycles.